The van der Waals surface area contributed by atoms with E-state index in [0.717, 1.165) is 18.5 Å². The molecule has 0 amide bonds. The van der Waals surface area contributed by atoms with Crippen molar-refractivity contribution in [2.75, 3.05) is 31.0 Å². The van der Waals surface area contributed by atoms with Crippen LogP contribution in [0.1, 0.15) is 6.42 Å². The average molecular weight is 180 g/mol. The Hall–Kier alpha value is 0.600. The van der Waals surface area contributed by atoms with Gasteiger partial charge in [-0.25, -0.2) is 0 Å². The molecule has 0 saturated carbocycles. The molecule has 0 aromatic heterocycles. The van der Waals surface area contributed by atoms with E-state index in [1.807, 2.05) is 0 Å². The normalized spacial score (nSPS) is 26.1. The van der Waals surface area contributed by atoms with E-state index in [1.54, 1.807) is 0 Å². The lowest BCUT2D eigenvalue weighted by molar-refractivity contribution is 0.278. The molecule has 1 aliphatic heterocycles. The Kier molecular flexibility index (Phi) is 3.89. The van der Waals surface area contributed by atoms with Gasteiger partial charge in [0.25, 0.3) is 0 Å². The minimum Gasteiger partial charge on any atom is -0.301 e. The molecular formula is C7H14ClNS. The van der Waals surface area contributed by atoms with Gasteiger partial charge >= 0.3 is 0 Å². The lowest BCUT2D eigenvalue weighted by Crippen LogP contribution is -2.32. The summed E-state index contributed by atoms with van der Waals surface area (Å²) in [5.74, 6) is 3.39. The molecule has 0 aromatic carbocycles. The van der Waals surface area contributed by atoms with Crippen molar-refractivity contribution in [2.24, 2.45) is 0 Å². The summed E-state index contributed by atoms with van der Waals surface area (Å²) < 4.78 is 0. The second-order valence-electron chi connectivity index (χ2n) is 2.69. The second-order valence-corrected chi connectivity index (χ2v) is 4.21. The molecule has 0 aromatic rings. The lowest BCUT2D eigenvalue weighted by atomic mass is 10.2. The second kappa shape index (κ2) is 4.47. The highest BCUT2D eigenvalue weighted by atomic mass is 35.5. The number of rotatable bonds is 3. The van der Waals surface area contributed by atoms with Gasteiger partial charge in [0.1, 0.15) is 0 Å². The standard InChI is InChI=1S/C7H14ClNS/c1-9(4-3-8)7-2-5-10-6-7/h7H,2-6H2,1H3. The van der Waals surface area contributed by atoms with Gasteiger partial charge in [0.2, 0.25) is 0 Å². The molecule has 10 heavy (non-hydrogen) atoms. The zero-order valence-corrected chi connectivity index (χ0v) is 7.92. The van der Waals surface area contributed by atoms with E-state index < -0.39 is 0 Å². The van der Waals surface area contributed by atoms with E-state index in [1.165, 1.54) is 17.9 Å². The number of thioether (sulfide) groups is 1. The van der Waals surface area contributed by atoms with Crippen molar-refractivity contribution >= 4 is 23.4 Å². The maximum absolute atomic E-state index is 5.63. The van der Waals surface area contributed by atoms with Crippen molar-refractivity contribution in [3.05, 3.63) is 0 Å². The summed E-state index contributed by atoms with van der Waals surface area (Å²) in [7, 11) is 2.17. The Balaban J connectivity index is 2.18. The van der Waals surface area contributed by atoms with Crippen molar-refractivity contribution in [2.45, 2.75) is 12.5 Å². The average Bonchev–Trinajstić information content (AvgIpc) is 2.38. The fraction of sp³-hybridized carbons (Fsp3) is 1.00. The van der Waals surface area contributed by atoms with E-state index in [0.29, 0.717) is 0 Å². The fourth-order valence-corrected chi connectivity index (χ4v) is 2.75. The molecule has 1 atom stereocenters. The van der Waals surface area contributed by atoms with E-state index in [4.69, 9.17) is 11.6 Å². The van der Waals surface area contributed by atoms with Gasteiger partial charge in [-0.1, -0.05) is 0 Å². The van der Waals surface area contributed by atoms with Gasteiger partial charge in [-0.3, -0.25) is 0 Å². The van der Waals surface area contributed by atoms with Gasteiger partial charge in [0.15, 0.2) is 0 Å². The van der Waals surface area contributed by atoms with Crippen LogP contribution in [0.2, 0.25) is 0 Å². The molecule has 1 rings (SSSR count). The minimum absolute atomic E-state index is 0.762. The Labute approximate surface area is 72.1 Å². The van der Waals surface area contributed by atoms with Gasteiger partial charge in [-0.15, -0.1) is 11.6 Å². The highest BCUT2D eigenvalue weighted by Gasteiger charge is 2.18. The third-order valence-electron chi connectivity index (χ3n) is 1.97. The molecule has 0 N–H and O–H groups in total. The van der Waals surface area contributed by atoms with Crippen LogP contribution in [-0.4, -0.2) is 41.9 Å². The van der Waals surface area contributed by atoms with Crippen LogP contribution in [-0.2, 0) is 0 Å². The number of halogens is 1. The predicted octanol–water partition coefficient (Wildman–Crippen LogP) is 1.66. The Bertz CT molecular complexity index is 93.6. The largest absolute Gasteiger partial charge is 0.301 e. The van der Waals surface area contributed by atoms with Crippen LogP contribution in [0.3, 0.4) is 0 Å². The van der Waals surface area contributed by atoms with Crippen molar-refractivity contribution in [1.29, 1.82) is 0 Å². The van der Waals surface area contributed by atoms with Crippen LogP contribution in [0.15, 0.2) is 0 Å². The summed E-state index contributed by atoms with van der Waals surface area (Å²) in [6.07, 6.45) is 1.35. The smallest absolute Gasteiger partial charge is 0.0351 e. The highest BCUT2D eigenvalue weighted by Crippen LogP contribution is 2.20. The molecule has 0 bridgehead atoms. The first-order valence-corrected chi connectivity index (χ1v) is 5.37. The Morgan fingerprint density at radius 1 is 1.70 bits per heavy atom. The summed E-state index contributed by atoms with van der Waals surface area (Å²) in [5, 5.41) is 0. The predicted molar refractivity (Wildman–Crippen MR) is 49.1 cm³/mol. The SMILES string of the molecule is CN(CCCl)C1CCSC1. The summed E-state index contributed by atoms with van der Waals surface area (Å²) in [5.41, 5.74) is 0. The van der Waals surface area contributed by atoms with Crippen molar-refractivity contribution in [1.82, 2.24) is 4.90 Å². The molecule has 1 fully saturated rings. The molecule has 1 nitrogen and oxygen atoms in total. The van der Waals surface area contributed by atoms with Crippen molar-refractivity contribution in [3.8, 4) is 0 Å². The molecular weight excluding hydrogens is 166 g/mol. The summed E-state index contributed by atoms with van der Waals surface area (Å²) in [6.45, 7) is 1.03. The van der Waals surface area contributed by atoms with E-state index in [9.17, 15) is 0 Å². The highest BCUT2D eigenvalue weighted by molar-refractivity contribution is 7.99. The van der Waals surface area contributed by atoms with E-state index in [2.05, 4.69) is 23.7 Å². The number of nitrogens with zero attached hydrogens (tertiary/aromatic N) is 1. The van der Waals surface area contributed by atoms with Gasteiger partial charge in [0.05, 0.1) is 0 Å². The Morgan fingerprint density at radius 2 is 2.50 bits per heavy atom. The van der Waals surface area contributed by atoms with Crippen LogP contribution in [0, 0.1) is 0 Å². The summed E-state index contributed by atoms with van der Waals surface area (Å²) in [4.78, 5) is 2.37. The first-order valence-electron chi connectivity index (χ1n) is 3.68. The zero-order chi connectivity index (χ0) is 7.40. The molecule has 1 aliphatic rings. The van der Waals surface area contributed by atoms with E-state index >= 15 is 0 Å². The monoisotopic (exact) mass is 179 g/mol. The molecule has 1 unspecified atom stereocenters. The number of alkyl halides is 1. The van der Waals surface area contributed by atoms with Gasteiger partial charge in [0, 0.05) is 24.2 Å². The number of hydrogen-bond donors (Lipinski definition) is 0. The molecule has 3 heteroatoms. The Morgan fingerprint density at radius 3 is 3.00 bits per heavy atom. The minimum atomic E-state index is 0.762. The van der Waals surface area contributed by atoms with Crippen LogP contribution in [0.5, 0.6) is 0 Å². The van der Waals surface area contributed by atoms with Crippen LogP contribution in [0.4, 0.5) is 0 Å². The van der Waals surface area contributed by atoms with Crippen LogP contribution in [0.25, 0.3) is 0 Å². The first-order chi connectivity index (χ1) is 4.84. The molecule has 0 radical (unpaired) electrons. The maximum Gasteiger partial charge on any atom is 0.0351 e. The van der Waals surface area contributed by atoms with Crippen molar-refractivity contribution in [3.63, 3.8) is 0 Å². The molecule has 60 valence electrons. The third kappa shape index (κ3) is 2.33. The zero-order valence-electron chi connectivity index (χ0n) is 6.35. The third-order valence-corrected chi connectivity index (χ3v) is 3.28. The maximum atomic E-state index is 5.63. The molecule has 1 heterocycles. The van der Waals surface area contributed by atoms with Gasteiger partial charge in [-0.05, 0) is 19.2 Å². The number of hydrogen-bond acceptors (Lipinski definition) is 2. The van der Waals surface area contributed by atoms with Gasteiger partial charge < -0.3 is 4.90 Å². The van der Waals surface area contributed by atoms with E-state index in [-0.39, 0.29) is 0 Å². The molecule has 0 aliphatic carbocycles. The quantitative estimate of drug-likeness (QED) is 0.607. The van der Waals surface area contributed by atoms with Gasteiger partial charge in [-0.2, -0.15) is 11.8 Å². The summed E-state index contributed by atoms with van der Waals surface area (Å²) in [6, 6.07) is 0.795. The molecule has 0 spiro atoms. The first kappa shape index (κ1) is 8.69. The van der Waals surface area contributed by atoms with Crippen LogP contribution >= 0.6 is 23.4 Å². The lowest BCUT2D eigenvalue weighted by Gasteiger charge is -2.21. The fourth-order valence-electron chi connectivity index (χ4n) is 1.19. The topological polar surface area (TPSA) is 3.24 Å². The summed E-state index contributed by atoms with van der Waals surface area (Å²) >= 11 is 7.68. The van der Waals surface area contributed by atoms with Crippen molar-refractivity contribution < 1.29 is 0 Å². The molecule has 1 saturated heterocycles. The van der Waals surface area contributed by atoms with Crippen LogP contribution < -0.4 is 0 Å².